The van der Waals surface area contributed by atoms with Gasteiger partial charge >= 0.3 is 0 Å². The van der Waals surface area contributed by atoms with Crippen LogP contribution in [0.25, 0.3) is 0 Å². The second kappa shape index (κ2) is 11.3. The third kappa shape index (κ3) is 6.13. The van der Waals surface area contributed by atoms with Crippen molar-refractivity contribution < 1.29 is 22.8 Å². The van der Waals surface area contributed by atoms with Crippen molar-refractivity contribution in [1.82, 2.24) is 15.2 Å². The largest absolute Gasteiger partial charge is 0.403 e. The van der Waals surface area contributed by atoms with Crippen molar-refractivity contribution in [2.24, 2.45) is 11.6 Å². The quantitative estimate of drug-likeness (QED) is 0.391. The first-order valence-corrected chi connectivity index (χ1v) is 11.3. The number of carbonyl (C=O) groups excluding carboxylic acids is 2. The SMILES string of the molecule is CC(C)c1c(F)cc(C(NC(=O)[C@@H]2C[C@@H](F)CN2C(=O)CN(N)/C=C\N)c2ccccc2)cc1F. The number of nitrogens with two attached hydrogens (primary N) is 2. The Labute approximate surface area is 202 Å². The first-order valence-electron chi connectivity index (χ1n) is 11.3. The third-order valence-corrected chi connectivity index (χ3v) is 5.90. The second-order valence-electron chi connectivity index (χ2n) is 8.81. The summed E-state index contributed by atoms with van der Waals surface area (Å²) in [5, 5.41) is 3.79. The van der Waals surface area contributed by atoms with Crippen molar-refractivity contribution in [3.05, 3.63) is 83.2 Å². The first-order chi connectivity index (χ1) is 16.6. The van der Waals surface area contributed by atoms with Crippen LogP contribution in [0.4, 0.5) is 13.2 Å². The zero-order valence-electron chi connectivity index (χ0n) is 19.6. The molecule has 2 aromatic carbocycles. The molecular formula is C25H30F3N5O2. The van der Waals surface area contributed by atoms with Crippen LogP contribution in [-0.2, 0) is 9.59 Å². The highest BCUT2D eigenvalue weighted by molar-refractivity contribution is 5.89. The molecule has 1 saturated heterocycles. The van der Waals surface area contributed by atoms with E-state index in [1.54, 1.807) is 44.2 Å². The maximum Gasteiger partial charge on any atom is 0.244 e. The van der Waals surface area contributed by atoms with E-state index in [0.717, 1.165) is 16.1 Å². The summed E-state index contributed by atoms with van der Waals surface area (Å²) in [6.45, 7) is 2.80. The number of carbonyl (C=O) groups is 2. The van der Waals surface area contributed by atoms with Gasteiger partial charge in [-0.1, -0.05) is 44.2 Å². The molecule has 0 saturated carbocycles. The fourth-order valence-electron chi connectivity index (χ4n) is 4.28. The highest BCUT2D eigenvalue weighted by Gasteiger charge is 2.40. The lowest BCUT2D eigenvalue weighted by atomic mass is 9.93. The minimum absolute atomic E-state index is 0.0439. The van der Waals surface area contributed by atoms with Gasteiger partial charge in [0.2, 0.25) is 11.8 Å². The van der Waals surface area contributed by atoms with E-state index in [1.165, 1.54) is 18.3 Å². The molecule has 1 unspecified atom stereocenters. The molecule has 3 atom stereocenters. The highest BCUT2D eigenvalue weighted by Crippen LogP contribution is 2.30. The lowest BCUT2D eigenvalue weighted by molar-refractivity contribution is -0.139. The smallest absolute Gasteiger partial charge is 0.244 e. The van der Waals surface area contributed by atoms with E-state index in [4.69, 9.17) is 11.6 Å². The number of alkyl halides is 1. The van der Waals surface area contributed by atoms with Gasteiger partial charge in [-0.3, -0.25) is 9.59 Å². The van der Waals surface area contributed by atoms with Crippen molar-refractivity contribution in [2.75, 3.05) is 13.1 Å². The maximum absolute atomic E-state index is 14.8. The van der Waals surface area contributed by atoms with E-state index in [-0.39, 0.29) is 36.6 Å². The van der Waals surface area contributed by atoms with Gasteiger partial charge in [0.05, 0.1) is 12.6 Å². The summed E-state index contributed by atoms with van der Waals surface area (Å²) >= 11 is 0. The van der Waals surface area contributed by atoms with Crippen LogP contribution in [0.1, 0.15) is 48.9 Å². The molecule has 2 amide bonds. The Morgan fingerprint density at radius 2 is 1.80 bits per heavy atom. The maximum atomic E-state index is 14.8. The molecule has 10 heteroatoms. The number of halogens is 3. The van der Waals surface area contributed by atoms with Crippen LogP contribution in [0.5, 0.6) is 0 Å². The van der Waals surface area contributed by atoms with Crippen LogP contribution < -0.4 is 16.9 Å². The van der Waals surface area contributed by atoms with Gasteiger partial charge in [0.1, 0.15) is 30.4 Å². The van der Waals surface area contributed by atoms with Crippen molar-refractivity contribution in [2.45, 2.75) is 44.4 Å². The summed E-state index contributed by atoms with van der Waals surface area (Å²) in [6.07, 6.45) is 0.810. The molecule has 1 fully saturated rings. The Hall–Kier alpha value is -3.53. The molecule has 0 radical (unpaired) electrons. The van der Waals surface area contributed by atoms with Crippen LogP contribution >= 0.6 is 0 Å². The molecule has 35 heavy (non-hydrogen) atoms. The molecule has 7 nitrogen and oxygen atoms in total. The lowest BCUT2D eigenvalue weighted by Gasteiger charge is -2.28. The number of nitrogens with zero attached hydrogens (tertiary/aromatic N) is 2. The topological polar surface area (TPSA) is 105 Å². The van der Waals surface area contributed by atoms with E-state index < -0.39 is 41.7 Å². The summed E-state index contributed by atoms with van der Waals surface area (Å²) in [4.78, 5) is 27.1. The summed E-state index contributed by atoms with van der Waals surface area (Å²) in [6, 6.07) is 9.00. The lowest BCUT2D eigenvalue weighted by Crippen LogP contribution is -2.50. The van der Waals surface area contributed by atoms with Crippen LogP contribution in [0.15, 0.2) is 54.9 Å². The monoisotopic (exact) mass is 489 g/mol. The average molecular weight is 490 g/mol. The molecule has 188 valence electrons. The number of hydrogen-bond acceptors (Lipinski definition) is 5. The molecule has 1 aliphatic heterocycles. The number of benzene rings is 2. The minimum atomic E-state index is -1.40. The van der Waals surface area contributed by atoms with E-state index >= 15 is 0 Å². The van der Waals surface area contributed by atoms with Crippen LogP contribution in [0.3, 0.4) is 0 Å². The van der Waals surface area contributed by atoms with E-state index in [1.807, 2.05) is 0 Å². The van der Waals surface area contributed by atoms with Gasteiger partial charge in [-0.2, -0.15) is 0 Å². The Morgan fingerprint density at radius 1 is 1.17 bits per heavy atom. The van der Waals surface area contributed by atoms with Crippen LogP contribution in [0.2, 0.25) is 0 Å². The van der Waals surface area contributed by atoms with Crippen molar-refractivity contribution >= 4 is 11.8 Å². The first kappa shape index (κ1) is 26.1. The molecule has 0 spiro atoms. The van der Waals surface area contributed by atoms with Crippen molar-refractivity contribution in [3.8, 4) is 0 Å². The van der Waals surface area contributed by atoms with Gasteiger partial charge in [0.25, 0.3) is 0 Å². The van der Waals surface area contributed by atoms with Crippen LogP contribution in [-0.4, -0.2) is 47.0 Å². The average Bonchev–Trinajstić information content (AvgIpc) is 3.19. The summed E-state index contributed by atoms with van der Waals surface area (Å²) < 4.78 is 43.9. The van der Waals surface area contributed by atoms with Crippen LogP contribution in [0, 0.1) is 11.6 Å². The molecule has 1 aliphatic rings. The number of hydrazine groups is 1. The Morgan fingerprint density at radius 3 is 2.37 bits per heavy atom. The van der Waals surface area contributed by atoms with Gasteiger partial charge in [0, 0.05) is 24.4 Å². The number of hydrogen-bond donors (Lipinski definition) is 3. The molecule has 0 aromatic heterocycles. The predicted octanol–water partition coefficient (Wildman–Crippen LogP) is 2.84. The summed E-state index contributed by atoms with van der Waals surface area (Å²) in [5.41, 5.74) is 5.99. The Bertz CT molecular complexity index is 1060. The van der Waals surface area contributed by atoms with Crippen molar-refractivity contribution in [1.29, 1.82) is 0 Å². The van der Waals surface area contributed by atoms with Gasteiger partial charge < -0.3 is 21.0 Å². The number of nitrogens with one attached hydrogen (secondary N) is 1. The van der Waals surface area contributed by atoms with Gasteiger partial charge in [-0.05, 0) is 29.2 Å². The molecule has 2 aromatic rings. The van der Waals surface area contributed by atoms with Gasteiger partial charge in [-0.25, -0.2) is 19.0 Å². The number of rotatable bonds is 8. The van der Waals surface area contributed by atoms with E-state index in [2.05, 4.69) is 5.32 Å². The van der Waals surface area contributed by atoms with Gasteiger partial charge in [0.15, 0.2) is 0 Å². The van der Waals surface area contributed by atoms with Gasteiger partial charge in [-0.15, -0.1) is 0 Å². The Kier molecular flexibility index (Phi) is 8.39. The normalized spacial score (nSPS) is 18.8. The van der Waals surface area contributed by atoms with Crippen molar-refractivity contribution in [3.63, 3.8) is 0 Å². The summed E-state index contributed by atoms with van der Waals surface area (Å²) in [7, 11) is 0. The second-order valence-corrected chi connectivity index (χ2v) is 8.81. The molecular weight excluding hydrogens is 459 g/mol. The molecule has 5 N–H and O–H groups in total. The molecule has 3 rings (SSSR count). The molecule has 1 heterocycles. The van der Waals surface area contributed by atoms with E-state index in [9.17, 15) is 22.8 Å². The standard InChI is InChI=1S/C25H30F3N5O2/c1-15(2)23-19(27)10-17(11-20(23)28)24(16-6-4-3-5-7-16)31-25(35)21-12-18(26)13-33(21)22(34)14-32(30)9-8-29/h3-11,15,18,21,24H,12-14,29-30H2,1-2H3,(H,31,35)/b9-8-/t18-,21+,24?/m1/s1. The van der Waals surface area contributed by atoms with E-state index in [0.29, 0.717) is 5.56 Å². The number of amides is 2. The molecule has 0 aliphatic carbocycles. The zero-order chi connectivity index (χ0) is 25.7. The Balaban J connectivity index is 1.91. The fraction of sp³-hybridized carbons (Fsp3) is 0.360. The summed E-state index contributed by atoms with van der Waals surface area (Å²) in [5.74, 6) is 2.65. The highest BCUT2D eigenvalue weighted by atomic mass is 19.1. The third-order valence-electron chi connectivity index (χ3n) is 5.90. The zero-order valence-corrected chi connectivity index (χ0v) is 19.6. The molecule has 0 bridgehead atoms. The predicted molar refractivity (Wildman–Crippen MR) is 126 cm³/mol. The fourth-order valence-corrected chi connectivity index (χ4v) is 4.28. The number of likely N-dealkylation sites (tertiary alicyclic amines) is 1. The minimum Gasteiger partial charge on any atom is -0.403 e.